The first-order valence-corrected chi connectivity index (χ1v) is 5.80. The van der Waals surface area contributed by atoms with E-state index in [1.165, 1.54) is 18.9 Å². The van der Waals surface area contributed by atoms with E-state index >= 15 is 0 Å². The van der Waals surface area contributed by atoms with E-state index in [-0.39, 0.29) is 0 Å². The molecular formula is C13H22O2. The maximum absolute atomic E-state index is 10.4. The molecule has 1 rings (SSSR count). The highest BCUT2D eigenvalue weighted by molar-refractivity contribution is 5.79. The van der Waals surface area contributed by atoms with E-state index < -0.39 is 5.97 Å². The molecule has 1 N–H and O–H groups in total. The van der Waals surface area contributed by atoms with Gasteiger partial charge in [-0.3, -0.25) is 0 Å². The fraction of sp³-hybridized carbons (Fsp3) is 0.769. The summed E-state index contributed by atoms with van der Waals surface area (Å²) >= 11 is 0. The van der Waals surface area contributed by atoms with Crippen molar-refractivity contribution >= 4 is 5.97 Å². The molecule has 15 heavy (non-hydrogen) atoms. The van der Waals surface area contributed by atoms with Crippen LogP contribution in [-0.2, 0) is 4.79 Å². The van der Waals surface area contributed by atoms with Crippen LogP contribution in [0.15, 0.2) is 12.2 Å². The summed E-state index contributed by atoms with van der Waals surface area (Å²) in [6.07, 6.45) is 8.00. The zero-order chi connectivity index (χ0) is 11.5. The number of rotatable bonds is 2. The molecule has 2 atom stereocenters. The van der Waals surface area contributed by atoms with Crippen LogP contribution in [0, 0.1) is 17.3 Å². The van der Waals surface area contributed by atoms with Gasteiger partial charge in [-0.05, 0) is 36.5 Å². The Labute approximate surface area is 92.4 Å². The van der Waals surface area contributed by atoms with Crippen molar-refractivity contribution in [1.82, 2.24) is 0 Å². The van der Waals surface area contributed by atoms with E-state index in [0.29, 0.717) is 11.3 Å². The molecule has 0 aromatic carbocycles. The Morgan fingerprint density at radius 1 is 1.33 bits per heavy atom. The van der Waals surface area contributed by atoms with Crippen LogP contribution in [0.1, 0.15) is 46.5 Å². The largest absolute Gasteiger partial charge is 0.478 e. The molecule has 1 aliphatic carbocycles. The first kappa shape index (κ1) is 12.3. The molecule has 0 bridgehead atoms. The number of carboxylic acids is 1. The Hall–Kier alpha value is -0.790. The molecule has 0 aromatic rings. The van der Waals surface area contributed by atoms with Crippen LogP contribution in [0.4, 0.5) is 0 Å². The molecule has 1 aliphatic rings. The van der Waals surface area contributed by atoms with E-state index in [2.05, 4.69) is 20.8 Å². The number of aliphatic carboxylic acids is 1. The maximum Gasteiger partial charge on any atom is 0.327 e. The highest BCUT2D eigenvalue weighted by Crippen LogP contribution is 2.40. The van der Waals surface area contributed by atoms with Crippen molar-refractivity contribution in [2.75, 3.05) is 0 Å². The second-order valence-corrected chi connectivity index (χ2v) is 5.69. The minimum absolute atomic E-state index is 0.357. The first-order valence-electron chi connectivity index (χ1n) is 5.80. The van der Waals surface area contributed by atoms with Gasteiger partial charge in [0, 0.05) is 6.08 Å². The molecule has 1 saturated carbocycles. The van der Waals surface area contributed by atoms with Gasteiger partial charge in [0.1, 0.15) is 0 Å². The van der Waals surface area contributed by atoms with Gasteiger partial charge in [-0.15, -0.1) is 0 Å². The topological polar surface area (TPSA) is 37.3 Å². The third-order valence-electron chi connectivity index (χ3n) is 3.45. The van der Waals surface area contributed by atoms with Crippen LogP contribution in [-0.4, -0.2) is 11.1 Å². The Bertz CT molecular complexity index is 248. The zero-order valence-electron chi connectivity index (χ0n) is 9.99. The summed E-state index contributed by atoms with van der Waals surface area (Å²) in [7, 11) is 0. The van der Waals surface area contributed by atoms with Crippen molar-refractivity contribution in [1.29, 1.82) is 0 Å². The van der Waals surface area contributed by atoms with Gasteiger partial charge in [0.15, 0.2) is 0 Å². The van der Waals surface area contributed by atoms with Gasteiger partial charge >= 0.3 is 5.97 Å². The normalized spacial score (nSPS) is 28.2. The lowest BCUT2D eigenvalue weighted by Gasteiger charge is -2.36. The molecule has 0 amide bonds. The molecule has 86 valence electrons. The molecule has 0 saturated heterocycles. The van der Waals surface area contributed by atoms with Crippen LogP contribution in [0.25, 0.3) is 0 Å². The van der Waals surface area contributed by atoms with Crippen LogP contribution in [0.3, 0.4) is 0 Å². The summed E-state index contributed by atoms with van der Waals surface area (Å²) in [5.74, 6) is 0.377. The monoisotopic (exact) mass is 210 g/mol. The van der Waals surface area contributed by atoms with Gasteiger partial charge in [0.25, 0.3) is 0 Å². The maximum atomic E-state index is 10.4. The SMILES string of the molecule is CC(C)(C)C1CCCC(C=CC(=O)O)C1. The lowest BCUT2D eigenvalue weighted by molar-refractivity contribution is -0.131. The van der Waals surface area contributed by atoms with E-state index in [9.17, 15) is 4.79 Å². The minimum Gasteiger partial charge on any atom is -0.478 e. The van der Waals surface area contributed by atoms with E-state index in [0.717, 1.165) is 18.8 Å². The predicted molar refractivity (Wildman–Crippen MR) is 61.7 cm³/mol. The number of hydrogen-bond donors (Lipinski definition) is 1. The summed E-state index contributed by atoms with van der Waals surface area (Å²) in [5.41, 5.74) is 0.357. The third-order valence-corrected chi connectivity index (χ3v) is 3.45. The molecule has 0 aromatic heterocycles. The fourth-order valence-corrected chi connectivity index (χ4v) is 2.41. The van der Waals surface area contributed by atoms with Gasteiger partial charge in [-0.2, -0.15) is 0 Å². The average molecular weight is 210 g/mol. The van der Waals surface area contributed by atoms with Crippen LogP contribution in [0.2, 0.25) is 0 Å². The van der Waals surface area contributed by atoms with Crippen LogP contribution < -0.4 is 0 Å². The van der Waals surface area contributed by atoms with E-state index in [1.807, 2.05) is 6.08 Å². The van der Waals surface area contributed by atoms with Crippen molar-refractivity contribution in [2.45, 2.75) is 46.5 Å². The van der Waals surface area contributed by atoms with Crippen molar-refractivity contribution < 1.29 is 9.90 Å². The molecule has 2 heteroatoms. The molecule has 2 nitrogen and oxygen atoms in total. The first-order chi connectivity index (χ1) is 6.89. The van der Waals surface area contributed by atoms with Crippen LogP contribution >= 0.6 is 0 Å². The number of carboxylic acid groups (broad SMARTS) is 1. The number of hydrogen-bond acceptors (Lipinski definition) is 1. The Balaban J connectivity index is 2.53. The highest BCUT2D eigenvalue weighted by Gasteiger charge is 2.29. The van der Waals surface area contributed by atoms with Gasteiger partial charge in [-0.25, -0.2) is 4.79 Å². The number of carbonyl (C=O) groups is 1. The smallest absolute Gasteiger partial charge is 0.327 e. The predicted octanol–water partition coefficient (Wildman–Crippen LogP) is 3.48. The molecule has 0 spiro atoms. The minimum atomic E-state index is -0.826. The van der Waals surface area contributed by atoms with E-state index in [1.54, 1.807) is 0 Å². The lowest BCUT2D eigenvalue weighted by atomic mass is 9.69. The zero-order valence-corrected chi connectivity index (χ0v) is 9.99. The molecule has 0 heterocycles. The van der Waals surface area contributed by atoms with Crippen molar-refractivity contribution in [3.63, 3.8) is 0 Å². The van der Waals surface area contributed by atoms with Gasteiger partial charge in [0.05, 0.1) is 0 Å². The Morgan fingerprint density at radius 3 is 2.53 bits per heavy atom. The van der Waals surface area contributed by atoms with Crippen molar-refractivity contribution in [2.24, 2.45) is 17.3 Å². The fourth-order valence-electron chi connectivity index (χ4n) is 2.41. The highest BCUT2D eigenvalue weighted by atomic mass is 16.4. The Kier molecular flexibility index (Phi) is 3.95. The lowest BCUT2D eigenvalue weighted by Crippen LogP contribution is -2.26. The summed E-state index contributed by atoms with van der Waals surface area (Å²) in [6.45, 7) is 6.84. The molecular weight excluding hydrogens is 188 g/mol. The summed E-state index contributed by atoms with van der Waals surface area (Å²) in [6, 6.07) is 0. The summed E-state index contributed by atoms with van der Waals surface area (Å²) in [5, 5.41) is 8.58. The second-order valence-electron chi connectivity index (χ2n) is 5.69. The molecule has 0 aliphatic heterocycles. The second kappa shape index (κ2) is 4.82. The standard InChI is InChI=1S/C13H22O2/c1-13(2,3)11-6-4-5-10(9-11)7-8-12(14)15/h7-8,10-11H,4-6,9H2,1-3H3,(H,14,15). The van der Waals surface area contributed by atoms with Gasteiger partial charge in [0.2, 0.25) is 0 Å². The average Bonchev–Trinajstić information content (AvgIpc) is 2.14. The van der Waals surface area contributed by atoms with Crippen molar-refractivity contribution in [3.8, 4) is 0 Å². The Morgan fingerprint density at radius 2 is 2.00 bits per heavy atom. The molecule has 0 radical (unpaired) electrons. The molecule has 2 unspecified atom stereocenters. The van der Waals surface area contributed by atoms with Crippen LogP contribution in [0.5, 0.6) is 0 Å². The summed E-state index contributed by atoms with van der Waals surface area (Å²) < 4.78 is 0. The van der Waals surface area contributed by atoms with Crippen molar-refractivity contribution in [3.05, 3.63) is 12.2 Å². The quantitative estimate of drug-likeness (QED) is 0.708. The van der Waals surface area contributed by atoms with Gasteiger partial charge in [-0.1, -0.05) is 33.3 Å². The molecule has 1 fully saturated rings. The summed E-state index contributed by atoms with van der Waals surface area (Å²) in [4.78, 5) is 10.4. The third kappa shape index (κ3) is 4.06. The van der Waals surface area contributed by atoms with E-state index in [4.69, 9.17) is 5.11 Å². The number of allylic oxidation sites excluding steroid dienone is 1. The van der Waals surface area contributed by atoms with Gasteiger partial charge < -0.3 is 5.11 Å².